The molecular weight excluding hydrogens is 418 g/mol. The second-order valence-corrected chi connectivity index (χ2v) is 8.95. The van der Waals surface area contributed by atoms with Crippen molar-refractivity contribution in [1.29, 1.82) is 0 Å². The van der Waals surface area contributed by atoms with Gasteiger partial charge in [0.1, 0.15) is 6.04 Å². The molecule has 0 aliphatic carbocycles. The highest BCUT2D eigenvalue weighted by Crippen LogP contribution is 2.27. The van der Waals surface area contributed by atoms with Crippen LogP contribution < -0.4 is 19.6 Å². The Labute approximate surface area is 183 Å². The van der Waals surface area contributed by atoms with Crippen LogP contribution in [-0.4, -0.2) is 40.3 Å². The number of nitrogens with zero attached hydrogens (tertiary/aromatic N) is 1. The molecule has 0 fully saturated rings. The number of ether oxygens (including phenoxy) is 2. The first-order valence-electron chi connectivity index (χ1n) is 9.90. The van der Waals surface area contributed by atoms with Crippen molar-refractivity contribution < 1.29 is 22.7 Å². The second kappa shape index (κ2) is 10.9. The zero-order valence-corrected chi connectivity index (χ0v) is 19.2. The molecule has 0 heterocycles. The zero-order valence-electron chi connectivity index (χ0n) is 18.4. The van der Waals surface area contributed by atoms with E-state index in [-0.39, 0.29) is 10.8 Å². The van der Waals surface area contributed by atoms with E-state index in [1.807, 2.05) is 13.8 Å². The highest BCUT2D eigenvalue weighted by molar-refractivity contribution is 7.89. The standard InChI is InChI=1S/C22H29N3O5S/c1-6-30-19-12-9-17(13-20(19)29-5)14-23-24-22(26)21(15(2)3)25-31(27,28)18-10-7-16(4)8-11-18/h7-15,21,25H,6H2,1-5H3,(H,24,26)/b23-14-/t21-/m1/s1. The lowest BCUT2D eigenvalue weighted by molar-refractivity contribution is -0.123. The predicted molar refractivity (Wildman–Crippen MR) is 120 cm³/mol. The lowest BCUT2D eigenvalue weighted by Crippen LogP contribution is -2.48. The molecule has 8 nitrogen and oxygen atoms in total. The van der Waals surface area contributed by atoms with Gasteiger partial charge >= 0.3 is 0 Å². The van der Waals surface area contributed by atoms with Gasteiger partial charge in [0, 0.05) is 0 Å². The third-order valence-corrected chi connectivity index (χ3v) is 5.90. The Morgan fingerprint density at radius 1 is 1.13 bits per heavy atom. The maximum absolute atomic E-state index is 12.7. The fourth-order valence-electron chi connectivity index (χ4n) is 2.72. The topological polar surface area (TPSA) is 106 Å². The molecule has 2 rings (SSSR count). The summed E-state index contributed by atoms with van der Waals surface area (Å²) in [4.78, 5) is 12.7. The molecule has 2 N–H and O–H groups in total. The summed E-state index contributed by atoms with van der Waals surface area (Å²) < 4.78 is 38.5. The van der Waals surface area contributed by atoms with E-state index in [9.17, 15) is 13.2 Å². The molecule has 31 heavy (non-hydrogen) atoms. The van der Waals surface area contributed by atoms with Crippen LogP contribution in [0.3, 0.4) is 0 Å². The van der Waals surface area contributed by atoms with Gasteiger partial charge in [-0.15, -0.1) is 0 Å². The van der Waals surface area contributed by atoms with Crippen molar-refractivity contribution in [3.05, 3.63) is 53.6 Å². The normalized spacial score (nSPS) is 12.7. The van der Waals surface area contributed by atoms with E-state index in [4.69, 9.17) is 9.47 Å². The molecule has 0 spiro atoms. The number of hydrogen-bond acceptors (Lipinski definition) is 6. The van der Waals surface area contributed by atoms with Crippen molar-refractivity contribution in [2.75, 3.05) is 13.7 Å². The van der Waals surface area contributed by atoms with Gasteiger partial charge in [-0.3, -0.25) is 4.79 Å². The van der Waals surface area contributed by atoms with Crippen LogP contribution in [0, 0.1) is 12.8 Å². The quantitative estimate of drug-likeness (QED) is 0.430. The molecule has 0 bridgehead atoms. The number of hydrogen-bond donors (Lipinski definition) is 2. The fraction of sp³-hybridized carbons (Fsp3) is 0.364. The fourth-order valence-corrected chi connectivity index (χ4v) is 4.07. The average Bonchev–Trinajstić information content (AvgIpc) is 2.73. The van der Waals surface area contributed by atoms with Gasteiger partial charge in [-0.1, -0.05) is 31.5 Å². The summed E-state index contributed by atoms with van der Waals surface area (Å²) in [5, 5.41) is 3.95. The first-order chi connectivity index (χ1) is 14.7. The van der Waals surface area contributed by atoms with Crippen LogP contribution in [0.15, 0.2) is 52.5 Å². The molecule has 0 aliphatic rings. The van der Waals surface area contributed by atoms with Gasteiger partial charge in [-0.2, -0.15) is 9.82 Å². The molecule has 2 aromatic rings. The average molecular weight is 448 g/mol. The van der Waals surface area contributed by atoms with Crippen molar-refractivity contribution >= 4 is 22.1 Å². The molecule has 0 saturated heterocycles. The van der Waals surface area contributed by atoms with E-state index in [0.29, 0.717) is 23.7 Å². The van der Waals surface area contributed by atoms with E-state index in [1.54, 1.807) is 44.2 Å². The van der Waals surface area contributed by atoms with E-state index < -0.39 is 22.0 Å². The summed E-state index contributed by atoms with van der Waals surface area (Å²) in [6.45, 7) is 7.76. The molecule has 1 amide bonds. The Balaban J connectivity index is 2.10. The van der Waals surface area contributed by atoms with E-state index >= 15 is 0 Å². The van der Waals surface area contributed by atoms with Gasteiger partial charge < -0.3 is 9.47 Å². The summed E-state index contributed by atoms with van der Waals surface area (Å²) in [5.41, 5.74) is 4.03. The number of sulfonamides is 1. The molecule has 0 unspecified atom stereocenters. The third-order valence-electron chi connectivity index (χ3n) is 4.44. The molecular formula is C22H29N3O5S. The number of benzene rings is 2. The number of methoxy groups -OCH3 is 1. The van der Waals surface area contributed by atoms with Gasteiger partial charge in [-0.25, -0.2) is 13.8 Å². The largest absolute Gasteiger partial charge is 0.493 e. The van der Waals surface area contributed by atoms with E-state index in [1.165, 1.54) is 25.5 Å². The van der Waals surface area contributed by atoms with Crippen LogP contribution in [0.1, 0.15) is 31.9 Å². The number of carbonyl (C=O) groups is 1. The number of nitrogens with one attached hydrogen (secondary N) is 2. The SMILES string of the molecule is CCOc1ccc(/C=N\NC(=O)[C@H](NS(=O)(=O)c2ccc(C)cc2)C(C)C)cc1OC. The zero-order chi connectivity index (χ0) is 23.0. The number of hydrazone groups is 1. The maximum Gasteiger partial charge on any atom is 0.258 e. The van der Waals surface area contributed by atoms with Crippen LogP contribution >= 0.6 is 0 Å². The molecule has 0 aliphatic heterocycles. The smallest absolute Gasteiger partial charge is 0.258 e. The number of amides is 1. The monoisotopic (exact) mass is 447 g/mol. The van der Waals surface area contributed by atoms with Crippen molar-refractivity contribution in [2.24, 2.45) is 11.0 Å². The number of carbonyl (C=O) groups excluding carboxylic acids is 1. The summed E-state index contributed by atoms with van der Waals surface area (Å²) in [7, 11) is -2.32. The Morgan fingerprint density at radius 3 is 2.39 bits per heavy atom. The minimum absolute atomic E-state index is 0.0986. The molecule has 1 atom stereocenters. The van der Waals surface area contributed by atoms with Gasteiger partial charge in [0.15, 0.2) is 11.5 Å². The number of rotatable bonds is 10. The predicted octanol–water partition coefficient (Wildman–Crippen LogP) is 2.86. The lowest BCUT2D eigenvalue weighted by atomic mass is 10.1. The van der Waals surface area contributed by atoms with Crippen LogP contribution in [0.25, 0.3) is 0 Å². The van der Waals surface area contributed by atoms with E-state index in [2.05, 4.69) is 15.2 Å². The van der Waals surface area contributed by atoms with Gasteiger partial charge in [-0.05, 0) is 55.7 Å². The summed E-state index contributed by atoms with van der Waals surface area (Å²) in [6.07, 6.45) is 1.45. The summed E-state index contributed by atoms with van der Waals surface area (Å²) in [5.74, 6) is 0.306. The lowest BCUT2D eigenvalue weighted by Gasteiger charge is -2.20. The van der Waals surface area contributed by atoms with Crippen molar-refractivity contribution in [3.8, 4) is 11.5 Å². The molecule has 0 saturated carbocycles. The van der Waals surface area contributed by atoms with Crippen molar-refractivity contribution in [3.63, 3.8) is 0 Å². The first kappa shape index (κ1) is 24.4. The second-order valence-electron chi connectivity index (χ2n) is 7.23. The Hall–Kier alpha value is -2.91. The van der Waals surface area contributed by atoms with Crippen LogP contribution in [0.2, 0.25) is 0 Å². The maximum atomic E-state index is 12.7. The Bertz CT molecular complexity index is 1020. The van der Waals surface area contributed by atoms with E-state index in [0.717, 1.165) is 5.56 Å². The molecule has 0 aromatic heterocycles. The summed E-state index contributed by atoms with van der Waals surface area (Å²) in [6, 6.07) is 10.7. The van der Waals surface area contributed by atoms with Crippen molar-refractivity contribution in [2.45, 2.75) is 38.6 Å². The van der Waals surface area contributed by atoms with Crippen LogP contribution in [0.4, 0.5) is 0 Å². The first-order valence-corrected chi connectivity index (χ1v) is 11.4. The molecule has 0 radical (unpaired) electrons. The van der Waals surface area contributed by atoms with Gasteiger partial charge in [0.05, 0.1) is 24.8 Å². The number of aryl methyl sites for hydroxylation is 1. The minimum Gasteiger partial charge on any atom is -0.493 e. The van der Waals surface area contributed by atoms with Crippen LogP contribution in [0.5, 0.6) is 11.5 Å². The molecule has 9 heteroatoms. The summed E-state index contributed by atoms with van der Waals surface area (Å²) >= 11 is 0. The highest BCUT2D eigenvalue weighted by Gasteiger charge is 2.28. The van der Waals surface area contributed by atoms with Gasteiger partial charge in [0.2, 0.25) is 10.0 Å². The highest BCUT2D eigenvalue weighted by atomic mass is 32.2. The minimum atomic E-state index is -3.86. The van der Waals surface area contributed by atoms with Crippen molar-refractivity contribution in [1.82, 2.24) is 10.1 Å². The molecule has 168 valence electrons. The third kappa shape index (κ3) is 6.80. The Morgan fingerprint density at radius 2 is 1.81 bits per heavy atom. The van der Waals surface area contributed by atoms with Crippen LogP contribution in [-0.2, 0) is 14.8 Å². The molecule has 2 aromatic carbocycles. The Kier molecular flexibility index (Phi) is 8.58. The van der Waals surface area contributed by atoms with Gasteiger partial charge in [0.25, 0.3) is 5.91 Å².